The van der Waals surface area contributed by atoms with Gasteiger partial charge in [-0.1, -0.05) is 6.07 Å². The summed E-state index contributed by atoms with van der Waals surface area (Å²) in [5.41, 5.74) is 0.319. The average molecular weight is 291 g/mol. The van der Waals surface area contributed by atoms with Gasteiger partial charge in [-0.05, 0) is 39.3 Å². The summed E-state index contributed by atoms with van der Waals surface area (Å²) in [5, 5.41) is 14.2. The Hall–Kier alpha value is -1.95. The zero-order valence-electron chi connectivity index (χ0n) is 12.4. The van der Waals surface area contributed by atoms with Gasteiger partial charge in [0.15, 0.2) is 0 Å². The number of non-ortho nitro benzene ring substituents is 1. The van der Waals surface area contributed by atoms with Crippen LogP contribution in [0.1, 0.15) is 37.0 Å². The van der Waals surface area contributed by atoms with Crippen molar-refractivity contribution in [2.45, 2.75) is 38.8 Å². The van der Waals surface area contributed by atoms with E-state index in [0.29, 0.717) is 18.2 Å². The van der Waals surface area contributed by atoms with Crippen LogP contribution in [0.5, 0.6) is 0 Å². The van der Waals surface area contributed by atoms with Crippen LogP contribution in [0.25, 0.3) is 0 Å². The maximum absolute atomic E-state index is 12.6. The van der Waals surface area contributed by atoms with Crippen molar-refractivity contribution in [3.63, 3.8) is 0 Å². The molecule has 0 radical (unpaired) electrons. The van der Waals surface area contributed by atoms with E-state index >= 15 is 0 Å². The van der Waals surface area contributed by atoms with Crippen LogP contribution in [-0.2, 0) is 0 Å². The van der Waals surface area contributed by atoms with Gasteiger partial charge >= 0.3 is 0 Å². The monoisotopic (exact) mass is 291 g/mol. The van der Waals surface area contributed by atoms with Crippen molar-refractivity contribution in [2.75, 3.05) is 13.1 Å². The highest BCUT2D eigenvalue weighted by Gasteiger charge is 2.25. The lowest BCUT2D eigenvalue weighted by Crippen LogP contribution is -2.44. The number of hydrogen-bond acceptors (Lipinski definition) is 4. The van der Waals surface area contributed by atoms with Crippen LogP contribution in [0, 0.1) is 10.1 Å². The lowest BCUT2D eigenvalue weighted by atomic mass is 10.1. The van der Waals surface area contributed by atoms with E-state index in [0.717, 1.165) is 19.4 Å². The largest absolute Gasteiger partial charge is 0.335 e. The van der Waals surface area contributed by atoms with Gasteiger partial charge in [0.25, 0.3) is 11.6 Å². The number of rotatable bonds is 5. The lowest BCUT2D eigenvalue weighted by Gasteiger charge is -2.29. The molecule has 0 aromatic heterocycles. The van der Waals surface area contributed by atoms with Crippen LogP contribution >= 0.6 is 0 Å². The standard InChI is InChI=1S/C15H21N3O3/c1-11(2)17(10-13-6-4-8-16-13)15(19)12-5-3-7-14(9-12)18(20)21/h3,5,7,9,11,13,16H,4,6,8,10H2,1-2H3. The van der Waals surface area contributed by atoms with E-state index in [-0.39, 0.29) is 17.6 Å². The third kappa shape index (κ3) is 3.78. The predicted molar refractivity (Wildman–Crippen MR) is 80.3 cm³/mol. The Kier molecular flexibility index (Phi) is 4.90. The van der Waals surface area contributed by atoms with Gasteiger partial charge in [0.2, 0.25) is 0 Å². The van der Waals surface area contributed by atoms with E-state index in [9.17, 15) is 14.9 Å². The fraction of sp³-hybridized carbons (Fsp3) is 0.533. The van der Waals surface area contributed by atoms with Gasteiger partial charge in [-0.25, -0.2) is 0 Å². The molecule has 6 nitrogen and oxygen atoms in total. The molecule has 0 aliphatic carbocycles. The van der Waals surface area contributed by atoms with Crippen LogP contribution in [0.3, 0.4) is 0 Å². The van der Waals surface area contributed by atoms with Crippen LogP contribution in [-0.4, -0.2) is 40.9 Å². The van der Waals surface area contributed by atoms with Crippen molar-refractivity contribution in [1.29, 1.82) is 0 Å². The Bertz CT molecular complexity index is 525. The number of nitro benzene ring substituents is 1. The molecule has 1 amide bonds. The minimum atomic E-state index is -0.477. The fourth-order valence-electron chi connectivity index (χ4n) is 2.60. The number of carbonyl (C=O) groups excluding carboxylic acids is 1. The molecular weight excluding hydrogens is 270 g/mol. The zero-order chi connectivity index (χ0) is 15.4. The maximum atomic E-state index is 12.6. The summed E-state index contributed by atoms with van der Waals surface area (Å²) in [6.07, 6.45) is 2.19. The summed E-state index contributed by atoms with van der Waals surface area (Å²) in [4.78, 5) is 24.8. The second-order valence-electron chi connectivity index (χ2n) is 5.65. The molecule has 1 aliphatic heterocycles. The number of nitrogens with zero attached hydrogens (tertiary/aromatic N) is 2. The summed E-state index contributed by atoms with van der Waals surface area (Å²) in [5.74, 6) is -0.151. The molecule has 0 spiro atoms. The van der Waals surface area contributed by atoms with Gasteiger partial charge in [-0.15, -0.1) is 0 Å². The molecule has 1 N–H and O–H groups in total. The molecule has 0 bridgehead atoms. The molecule has 1 aromatic rings. The van der Waals surface area contributed by atoms with Gasteiger partial charge < -0.3 is 10.2 Å². The molecule has 1 saturated heterocycles. The first-order chi connectivity index (χ1) is 9.99. The molecule has 1 unspecified atom stereocenters. The highest BCUT2D eigenvalue weighted by Crippen LogP contribution is 2.17. The van der Waals surface area contributed by atoms with E-state index in [2.05, 4.69) is 5.32 Å². The van der Waals surface area contributed by atoms with E-state index in [1.165, 1.54) is 12.1 Å². The van der Waals surface area contributed by atoms with Crippen molar-refractivity contribution in [3.8, 4) is 0 Å². The van der Waals surface area contributed by atoms with Crippen molar-refractivity contribution in [2.24, 2.45) is 0 Å². The fourth-order valence-corrected chi connectivity index (χ4v) is 2.60. The number of carbonyl (C=O) groups is 1. The molecule has 1 heterocycles. The Morgan fingerprint density at radius 2 is 2.29 bits per heavy atom. The van der Waals surface area contributed by atoms with Gasteiger partial charge in [0, 0.05) is 36.3 Å². The minimum absolute atomic E-state index is 0.0523. The number of hydrogen-bond donors (Lipinski definition) is 1. The van der Waals surface area contributed by atoms with Gasteiger partial charge in [0.05, 0.1) is 4.92 Å². The number of nitrogens with one attached hydrogen (secondary N) is 1. The summed E-state index contributed by atoms with van der Waals surface area (Å²) in [6.45, 7) is 5.55. The third-order valence-corrected chi connectivity index (χ3v) is 3.77. The summed E-state index contributed by atoms with van der Waals surface area (Å²) in [7, 11) is 0. The first-order valence-electron chi connectivity index (χ1n) is 7.28. The molecule has 1 aromatic carbocycles. The van der Waals surface area contributed by atoms with Gasteiger partial charge in [-0.3, -0.25) is 14.9 Å². The van der Waals surface area contributed by atoms with Gasteiger partial charge in [0.1, 0.15) is 0 Å². The quantitative estimate of drug-likeness (QED) is 0.666. The third-order valence-electron chi connectivity index (χ3n) is 3.77. The Morgan fingerprint density at radius 1 is 1.52 bits per heavy atom. The Balaban J connectivity index is 2.17. The van der Waals surface area contributed by atoms with Crippen LogP contribution in [0.4, 0.5) is 5.69 Å². The molecule has 6 heteroatoms. The molecular formula is C15H21N3O3. The molecule has 1 atom stereocenters. The van der Waals surface area contributed by atoms with Crippen molar-refractivity contribution in [3.05, 3.63) is 39.9 Å². The average Bonchev–Trinajstić information content (AvgIpc) is 2.97. The van der Waals surface area contributed by atoms with Crippen LogP contribution < -0.4 is 5.32 Å². The summed E-state index contributed by atoms with van der Waals surface area (Å²) >= 11 is 0. The van der Waals surface area contributed by atoms with Crippen molar-refractivity contribution in [1.82, 2.24) is 10.2 Å². The predicted octanol–water partition coefficient (Wildman–Crippen LogP) is 2.20. The number of benzene rings is 1. The second kappa shape index (κ2) is 6.67. The summed E-state index contributed by atoms with van der Waals surface area (Å²) in [6, 6.07) is 6.30. The highest BCUT2D eigenvalue weighted by molar-refractivity contribution is 5.95. The number of nitro groups is 1. The second-order valence-corrected chi connectivity index (χ2v) is 5.65. The smallest absolute Gasteiger partial charge is 0.270 e. The first kappa shape index (κ1) is 15.4. The Morgan fingerprint density at radius 3 is 2.86 bits per heavy atom. The van der Waals surface area contributed by atoms with E-state index in [4.69, 9.17) is 0 Å². The first-order valence-corrected chi connectivity index (χ1v) is 7.28. The van der Waals surface area contributed by atoms with E-state index < -0.39 is 4.92 Å². The molecule has 21 heavy (non-hydrogen) atoms. The molecule has 0 saturated carbocycles. The highest BCUT2D eigenvalue weighted by atomic mass is 16.6. The maximum Gasteiger partial charge on any atom is 0.270 e. The van der Waals surface area contributed by atoms with E-state index in [1.807, 2.05) is 13.8 Å². The molecule has 1 aliphatic rings. The normalized spacial score (nSPS) is 18.0. The van der Waals surface area contributed by atoms with Crippen molar-refractivity contribution < 1.29 is 9.72 Å². The molecule has 114 valence electrons. The minimum Gasteiger partial charge on any atom is -0.335 e. The van der Waals surface area contributed by atoms with E-state index in [1.54, 1.807) is 17.0 Å². The van der Waals surface area contributed by atoms with Crippen molar-refractivity contribution >= 4 is 11.6 Å². The van der Waals surface area contributed by atoms with Gasteiger partial charge in [-0.2, -0.15) is 0 Å². The number of amides is 1. The zero-order valence-corrected chi connectivity index (χ0v) is 12.4. The van der Waals surface area contributed by atoms with Crippen LogP contribution in [0.2, 0.25) is 0 Å². The van der Waals surface area contributed by atoms with Crippen LogP contribution in [0.15, 0.2) is 24.3 Å². The Labute approximate surface area is 124 Å². The lowest BCUT2D eigenvalue weighted by molar-refractivity contribution is -0.384. The SMILES string of the molecule is CC(C)N(CC1CCCN1)C(=O)c1cccc([N+](=O)[O-])c1. The summed E-state index contributed by atoms with van der Waals surface area (Å²) < 4.78 is 0. The topological polar surface area (TPSA) is 75.5 Å². The molecule has 1 fully saturated rings. The molecule has 2 rings (SSSR count).